The Morgan fingerprint density at radius 2 is 2.28 bits per heavy atom. The van der Waals surface area contributed by atoms with Crippen LogP contribution in [0.4, 0.5) is 10.1 Å². The summed E-state index contributed by atoms with van der Waals surface area (Å²) in [5.74, 6) is -0.428. The lowest BCUT2D eigenvalue weighted by molar-refractivity contribution is -0.123. The van der Waals surface area contributed by atoms with E-state index in [-0.39, 0.29) is 11.7 Å². The number of benzene rings is 1. The quantitative estimate of drug-likeness (QED) is 0.881. The fourth-order valence-corrected chi connectivity index (χ4v) is 2.52. The van der Waals surface area contributed by atoms with Crippen molar-refractivity contribution < 1.29 is 9.18 Å². The van der Waals surface area contributed by atoms with Gasteiger partial charge in [-0.3, -0.25) is 4.79 Å². The molecule has 1 atom stereocenters. The van der Waals surface area contributed by atoms with Crippen LogP contribution < -0.4 is 10.6 Å². The number of amides is 1. The van der Waals surface area contributed by atoms with Crippen molar-refractivity contribution in [3.05, 3.63) is 28.0 Å². The largest absolute Gasteiger partial charge is 0.325 e. The van der Waals surface area contributed by atoms with Gasteiger partial charge in [-0.2, -0.15) is 0 Å². The standard InChI is InChI=1S/C13H16BrFN2O/c1-8-5-9(14)10(15)6-11(8)17-12(18)13(2)3-4-16-7-13/h5-6,16H,3-4,7H2,1-2H3,(H,17,18). The molecule has 0 bridgehead atoms. The molecule has 1 unspecified atom stereocenters. The van der Waals surface area contributed by atoms with Crippen LogP contribution >= 0.6 is 15.9 Å². The van der Waals surface area contributed by atoms with E-state index in [4.69, 9.17) is 0 Å². The lowest BCUT2D eigenvalue weighted by atomic mass is 9.88. The summed E-state index contributed by atoms with van der Waals surface area (Å²) >= 11 is 3.13. The first kappa shape index (κ1) is 13.5. The zero-order valence-corrected chi connectivity index (χ0v) is 12.0. The zero-order valence-electron chi connectivity index (χ0n) is 10.4. The average molecular weight is 315 g/mol. The number of halogens is 2. The molecular formula is C13H16BrFN2O. The SMILES string of the molecule is Cc1cc(Br)c(F)cc1NC(=O)C1(C)CCNC1. The maximum absolute atomic E-state index is 13.5. The van der Waals surface area contributed by atoms with E-state index in [9.17, 15) is 9.18 Å². The highest BCUT2D eigenvalue weighted by molar-refractivity contribution is 9.10. The summed E-state index contributed by atoms with van der Waals surface area (Å²) < 4.78 is 13.9. The van der Waals surface area contributed by atoms with Crippen LogP contribution in [-0.4, -0.2) is 19.0 Å². The van der Waals surface area contributed by atoms with Crippen LogP contribution in [0.1, 0.15) is 18.9 Å². The van der Waals surface area contributed by atoms with Gasteiger partial charge in [0.1, 0.15) is 5.82 Å². The Morgan fingerprint density at radius 1 is 1.56 bits per heavy atom. The van der Waals surface area contributed by atoms with E-state index < -0.39 is 5.41 Å². The molecule has 0 spiro atoms. The summed E-state index contributed by atoms with van der Waals surface area (Å²) in [6, 6.07) is 3.02. The van der Waals surface area contributed by atoms with Crippen LogP contribution in [0.25, 0.3) is 0 Å². The first-order chi connectivity index (χ1) is 8.42. The second-order valence-corrected chi connectivity index (χ2v) is 5.88. The predicted molar refractivity (Wildman–Crippen MR) is 73.1 cm³/mol. The Labute approximate surface area is 114 Å². The molecule has 0 aromatic heterocycles. The Hall–Kier alpha value is -0.940. The van der Waals surface area contributed by atoms with Crippen molar-refractivity contribution in [2.75, 3.05) is 18.4 Å². The molecule has 1 aliphatic heterocycles. The number of anilines is 1. The van der Waals surface area contributed by atoms with Crippen molar-refractivity contribution in [2.45, 2.75) is 20.3 Å². The number of hydrogen-bond donors (Lipinski definition) is 2. The van der Waals surface area contributed by atoms with Crippen molar-refractivity contribution >= 4 is 27.5 Å². The second kappa shape index (κ2) is 4.97. The molecule has 2 rings (SSSR count). The Kier molecular flexibility index (Phi) is 3.73. The summed E-state index contributed by atoms with van der Waals surface area (Å²) in [5, 5.41) is 5.99. The molecule has 1 aromatic rings. The van der Waals surface area contributed by atoms with Crippen LogP contribution in [0.3, 0.4) is 0 Å². The summed E-state index contributed by atoms with van der Waals surface area (Å²) in [6.07, 6.45) is 0.802. The third-order valence-electron chi connectivity index (χ3n) is 3.43. The lowest BCUT2D eigenvalue weighted by Crippen LogP contribution is -2.35. The molecule has 98 valence electrons. The van der Waals surface area contributed by atoms with E-state index in [1.54, 1.807) is 6.07 Å². The van der Waals surface area contributed by atoms with Gasteiger partial charge < -0.3 is 10.6 Å². The molecule has 1 aromatic carbocycles. The smallest absolute Gasteiger partial charge is 0.231 e. The van der Waals surface area contributed by atoms with Gasteiger partial charge >= 0.3 is 0 Å². The molecule has 18 heavy (non-hydrogen) atoms. The molecule has 2 N–H and O–H groups in total. The van der Waals surface area contributed by atoms with Crippen molar-refractivity contribution in [3.8, 4) is 0 Å². The molecule has 1 aliphatic rings. The highest BCUT2D eigenvalue weighted by Crippen LogP contribution is 2.29. The third kappa shape index (κ3) is 2.57. The summed E-state index contributed by atoms with van der Waals surface area (Å²) in [4.78, 5) is 12.2. The van der Waals surface area contributed by atoms with Gasteiger partial charge in [-0.1, -0.05) is 0 Å². The highest BCUT2D eigenvalue weighted by Gasteiger charge is 2.36. The van der Waals surface area contributed by atoms with Crippen LogP contribution in [0.15, 0.2) is 16.6 Å². The first-order valence-electron chi connectivity index (χ1n) is 5.90. The molecule has 5 heteroatoms. The fourth-order valence-electron chi connectivity index (χ4n) is 2.06. The number of hydrogen-bond acceptors (Lipinski definition) is 2. The van der Waals surface area contributed by atoms with Crippen LogP contribution in [0, 0.1) is 18.2 Å². The van der Waals surface area contributed by atoms with Crippen molar-refractivity contribution in [1.82, 2.24) is 5.32 Å². The van der Waals surface area contributed by atoms with Crippen LogP contribution in [-0.2, 0) is 4.79 Å². The van der Waals surface area contributed by atoms with Crippen LogP contribution in [0.5, 0.6) is 0 Å². The summed E-state index contributed by atoms with van der Waals surface area (Å²) in [5.41, 5.74) is 0.968. The third-order valence-corrected chi connectivity index (χ3v) is 4.04. The molecule has 3 nitrogen and oxygen atoms in total. The molecule has 0 saturated carbocycles. The highest BCUT2D eigenvalue weighted by atomic mass is 79.9. The topological polar surface area (TPSA) is 41.1 Å². The normalized spacial score (nSPS) is 23.1. The van der Waals surface area contributed by atoms with E-state index in [0.717, 1.165) is 18.5 Å². The van der Waals surface area contributed by atoms with Crippen LogP contribution in [0.2, 0.25) is 0 Å². The number of nitrogens with one attached hydrogen (secondary N) is 2. The van der Waals surface area contributed by atoms with Gasteiger partial charge in [-0.25, -0.2) is 4.39 Å². The zero-order chi connectivity index (χ0) is 13.3. The van der Waals surface area contributed by atoms with E-state index in [0.29, 0.717) is 16.7 Å². The number of rotatable bonds is 2. The fraction of sp³-hybridized carbons (Fsp3) is 0.462. The van der Waals surface area contributed by atoms with Gasteiger partial charge in [0.15, 0.2) is 0 Å². The molecule has 1 amide bonds. The predicted octanol–water partition coefficient (Wildman–Crippen LogP) is 2.83. The second-order valence-electron chi connectivity index (χ2n) is 5.02. The minimum absolute atomic E-state index is 0.0580. The molecule has 0 radical (unpaired) electrons. The molecule has 1 fully saturated rings. The Balaban J connectivity index is 2.19. The maximum atomic E-state index is 13.5. The molecule has 1 saturated heterocycles. The van der Waals surface area contributed by atoms with E-state index in [2.05, 4.69) is 26.6 Å². The van der Waals surface area contributed by atoms with E-state index in [1.165, 1.54) is 6.07 Å². The van der Waals surface area contributed by atoms with Crippen molar-refractivity contribution in [2.24, 2.45) is 5.41 Å². The van der Waals surface area contributed by atoms with Gasteiger partial charge in [-0.05, 0) is 60.4 Å². The van der Waals surface area contributed by atoms with Gasteiger partial charge in [0, 0.05) is 12.2 Å². The molecule has 0 aliphatic carbocycles. The molecular weight excluding hydrogens is 299 g/mol. The number of carbonyl (C=O) groups excluding carboxylic acids is 1. The number of aryl methyl sites for hydroxylation is 1. The minimum Gasteiger partial charge on any atom is -0.325 e. The van der Waals surface area contributed by atoms with Crippen molar-refractivity contribution in [1.29, 1.82) is 0 Å². The average Bonchev–Trinajstić information content (AvgIpc) is 2.74. The van der Waals surface area contributed by atoms with Gasteiger partial charge in [0.05, 0.1) is 9.89 Å². The lowest BCUT2D eigenvalue weighted by Gasteiger charge is -2.22. The van der Waals surface area contributed by atoms with Gasteiger partial charge in [-0.15, -0.1) is 0 Å². The van der Waals surface area contributed by atoms with Gasteiger partial charge in [0.2, 0.25) is 5.91 Å². The monoisotopic (exact) mass is 314 g/mol. The summed E-state index contributed by atoms with van der Waals surface area (Å²) in [6.45, 7) is 5.27. The van der Waals surface area contributed by atoms with Gasteiger partial charge in [0.25, 0.3) is 0 Å². The first-order valence-corrected chi connectivity index (χ1v) is 6.69. The summed E-state index contributed by atoms with van der Waals surface area (Å²) in [7, 11) is 0. The molecule has 1 heterocycles. The minimum atomic E-state index is -0.407. The maximum Gasteiger partial charge on any atom is 0.231 e. The number of carbonyl (C=O) groups is 1. The van der Waals surface area contributed by atoms with E-state index >= 15 is 0 Å². The van der Waals surface area contributed by atoms with Crippen molar-refractivity contribution in [3.63, 3.8) is 0 Å². The Morgan fingerprint density at radius 3 is 2.89 bits per heavy atom. The van der Waals surface area contributed by atoms with E-state index in [1.807, 2.05) is 13.8 Å². The Bertz CT molecular complexity index is 484.